The molecule has 2 aliphatic heterocycles. The predicted octanol–water partition coefficient (Wildman–Crippen LogP) is 3.82. The van der Waals surface area contributed by atoms with Gasteiger partial charge in [-0.3, -0.25) is 14.7 Å². The molecule has 1 amide bonds. The number of likely N-dealkylation sites (tertiary alicyclic amines) is 1. The summed E-state index contributed by atoms with van der Waals surface area (Å²) in [6.45, 7) is 3.29. The first-order valence-corrected chi connectivity index (χ1v) is 12.3. The van der Waals surface area contributed by atoms with Crippen LogP contribution in [-0.4, -0.2) is 55.9 Å². The average Bonchev–Trinajstić information content (AvgIpc) is 3.41. The molecule has 188 valence electrons. The maximum Gasteiger partial charge on any atom is 0.231 e. The van der Waals surface area contributed by atoms with E-state index in [0.717, 1.165) is 55.2 Å². The molecule has 8 nitrogen and oxygen atoms in total. The molecule has 36 heavy (non-hydrogen) atoms. The Labute approximate surface area is 211 Å². The van der Waals surface area contributed by atoms with Crippen LogP contribution in [0.3, 0.4) is 0 Å². The molecule has 1 unspecified atom stereocenters. The summed E-state index contributed by atoms with van der Waals surface area (Å²) < 4.78 is 22.3. The first-order chi connectivity index (χ1) is 17.7. The van der Waals surface area contributed by atoms with Crippen LogP contribution in [0.15, 0.2) is 66.9 Å². The number of nitrogens with zero attached hydrogens (tertiary/aromatic N) is 2. The molecule has 0 radical (unpaired) electrons. The standard InChI is InChI=1S/C28H31N3O5/c1-33-23-7-2-3-8-24(23)34-17-16-31-14-11-20(12-15-31)28(32)30-27(22-6-4-5-13-29-22)21-9-10-25-26(18-21)36-19-35-25/h2-10,13,18,20,27H,11-12,14-17,19H2,1H3,(H,30,32). The van der Waals surface area contributed by atoms with Gasteiger partial charge >= 0.3 is 0 Å². The molecule has 2 aliphatic rings. The smallest absolute Gasteiger partial charge is 0.231 e. The molecule has 5 rings (SSSR count). The van der Waals surface area contributed by atoms with Gasteiger partial charge in [0.15, 0.2) is 23.0 Å². The Morgan fingerprint density at radius 3 is 2.61 bits per heavy atom. The molecule has 8 heteroatoms. The van der Waals surface area contributed by atoms with E-state index in [1.807, 2.05) is 60.7 Å². The van der Waals surface area contributed by atoms with Gasteiger partial charge < -0.3 is 24.3 Å². The summed E-state index contributed by atoms with van der Waals surface area (Å²) in [4.78, 5) is 20.2. The molecule has 1 aromatic heterocycles. The summed E-state index contributed by atoms with van der Waals surface area (Å²) in [6, 6.07) is 18.8. The number of fused-ring (bicyclic) bond motifs is 1. The number of pyridine rings is 1. The van der Waals surface area contributed by atoms with E-state index >= 15 is 0 Å². The number of carbonyl (C=O) groups is 1. The summed E-state index contributed by atoms with van der Waals surface area (Å²) in [7, 11) is 1.64. The monoisotopic (exact) mass is 489 g/mol. The van der Waals surface area contributed by atoms with Crippen molar-refractivity contribution >= 4 is 5.91 Å². The minimum atomic E-state index is -0.361. The quantitative estimate of drug-likeness (QED) is 0.489. The fourth-order valence-corrected chi connectivity index (χ4v) is 4.67. The molecule has 2 aromatic carbocycles. The first-order valence-electron chi connectivity index (χ1n) is 12.3. The van der Waals surface area contributed by atoms with E-state index < -0.39 is 0 Å². The topological polar surface area (TPSA) is 82.2 Å². The largest absolute Gasteiger partial charge is 0.493 e. The van der Waals surface area contributed by atoms with Gasteiger partial charge in [0.25, 0.3) is 0 Å². The predicted molar refractivity (Wildman–Crippen MR) is 134 cm³/mol. The van der Waals surface area contributed by atoms with Crippen LogP contribution in [0.2, 0.25) is 0 Å². The third kappa shape index (κ3) is 5.54. The van der Waals surface area contributed by atoms with Crippen LogP contribution in [0.25, 0.3) is 0 Å². The summed E-state index contributed by atoms with van der Waals surface area (Å²) in [5, 5.41) is 3.25. The van der Waals surface area contributed by atoms with Gasteiger partial charge in [0.05, 0.1) is 18.8 Å². The molecule has 1 N–H and O–H groups in total. The van der Waals surface area contributed by atoms with Gasteiger partial charge in [-0.2, -0.15) is 0 Å². The lowest BCUT2D eigenvalue weighted by atomic mass is 9.94. The van der Waals surface area contributed by atoms with Gasteiger partial charge in [-0.25, -0.2) is 0 Å². The highest BCUT2D eigenvalue weighted by Gasteiger charge is 2.28. The van der Waals surface area contributed by atoms with E-state index in [1.165, 1.54) is 0 Å². The highest BCUT2D eigenvalue weighted by molar-refractivity contribution is 5.79. The molecule has 3 aromatic rings. The Hall–Kier alpha value is -3.78. The lowest BCUT2D eigenvalue weighted by Crippen LogP contribution is -2.43. The van der Waals surface area contributed by atoms with Crippen molar-refractivity contribution in [1.82, 2.24) is 15.2 Å². The fourth-order valence-electron chi connectivity index (χ4n) is 4.67. The Bertz CT molecular complexity index is 1160. The lowest BCUT2D eigenvalue weighted by molar-refractivity contribution is -0.127. The number of ether oxygens (including phenoxy) is 4. The lowest BCUT2D eigenvalue weighted by Gasteiger charge is -2.32. The van der Waals surface area contributed by atoms with E-state index in [9.17, 15) is 4.79 Å². The number of para-hydroxylation sites is 2. The molecule has 0 bridgehead atoms. The van der Waals surface area contributed by atoms with Crippen molar-refractivity contribution in [2.75, 3.05) is 40.1 Å². The number of hydrogen-bond donors (Lipinski definition) is 1. The molecule has 1 atom stereocenters. The molecule has 0 spiro atoms. The second-order valence-corrected chi connectivity index (χ2v) is 8.92. The van der Waals surface area contributed by atoms with Gasteiger partial charge in [-0.05, 0) is 67.9 Å². The zero-order valence-electron chi connectivity index (χ0n) is 20.4. The van der Waals surface area contributed by atoms with Crippen molar-refractivity contribution in [3.05, 3.63) is 78.1 Å². The van der Waals surface area contributed by atoms with E-state index in [4.69, 9.17) is 18.9 Å². The molecule has 1 saturated heterocycles. The first kappa shape index (κ1) is 23.9. The van der Waals surface area contributed by atoms with Gasteiger partial charge in [0.1, 0.15) is 6.61 Å². The molecule has 1 fully saturated rings. The van der Waals surface area contributed by atoms with Crippen molar-refractivity contribution in [2.24, 2.45) is 5.92 Å². The minimum Gasteiger partial charge on any atom is -0.493 e. The van der Waals surface area contributed by atoms with Crippen molar-refractivity contribution in [2.45, 2.75) is 18.9 Å². The van der Waals surface area contributed by atoms with Crippen molar-refractivity contribution in [3.63, 3.8) is 0 Å². The molecular formula is C28H31N3O5. The Morgan fingerprint density at radius 1 is 1.06 bits per heavy atom. The summed E-state index contributed by atoms with van der Waals surface area (Å²) in [5.74, 6) is 2.89. The normalized spacial score (nSPS) is 16.4. The van der Waals surface area contributed by atoms with E-state index in [1.54, 1.807) is 13.3 Å². The van der Waals surface area contributed by atoms with Gasteiger partial charge in [-0.1, -0.05) is 24.3 Å². The van der Waals surface area contributed by atoms with Crippen LogP contribution in [-0.2, 0) is 4.79 Å². The number of aromatic nitrogens is 1. The minimum absolute atomic E-state index is 0.0448. The number of nitrogens with one attached hydrogen (secondary N) is 1. The number of piperidine rings is 1. The summed E-state index contributed by atoms with van der Waals surface area (Å²) >= 11 is 0. The van der Waals surface area contributed by atoms with Crippen LogP contribution in [0, 0.1) is 5.92 Å². The van der Waals surface area contributed by atoms with Crippen LogP contribution in [0.1, 0.15) is 30.1 Å². The number of rotatable bonds is 9. The van der Waals surface area contributed by atoms with Crippen LogP contribution in [0.4, 0.5) is 0 Å². The second-order valence-electron chi connectivity index (χ2n) is 8.92. The van der Waals surface area contributed by atoms with Crippen molar-refractivity contribution < 1.29 is 23.7 Å². The van der Waals surface area contributed by atoms with Gasteiger partial charge in [0.2, 0.25) is 12.7 Å². The van der Waals surface area contributed by atoms with Crippen molar-refractivity contribution in [1.29, 1.82) is 0 Å². The summed E-state index contributed by atoms with van der Waals surface area (Å²) in [6.07, 6.45) is 3.35. The molecular weight excluding hydrogens is 458 g/mol. The molecule has 0 saturated carbocycles. The second kappa shape index (κ2) is 11.3. The highest BCUT2D eigenvalue weighted by atomic mass is 16.7. The third-order valence-electron chi connectivity index (χ3n) is 6.69. The number of carbonyl (C=O) groups excluding carboxylic acids is 1. The molecule has 3 heterocycles. The zero-order chi connectivity index (χ0) is 24.7. The maximum atomic E-state index is 13.3. The number of amides is 1. The fraction of sp³-hybridized carbons (Fsp3) is 0.357. The highest BCUT2D eigenvalue weighted by Crippen LogP contribution is 2.35. The third-order valence-corrected chi connectivity index (χ3v) is 6.69. The summed E-state index contributed by atoms with van der Waals surface area (Å²) in [5.41, 5.74) is 1.70. The maximum absolute atomic E-state index is 13.3. The Kier molecular flexibility index (Phi) is 7.52. The SMILES string of the molecule is COc1ccccc1OCCN1CCC(C(=O)NC(c2ccc3c(c2)OCO3)c2ccccn2)CC1. The van der Waals surface area contributed by atoms with Gasteiger partial charge in [-0.15, -0.1) is 0 Å². The number of hydrogen-bond acceptors (Lipinski definition) is 7. The molecule has 0 aliphatic carbocycles. The number of benzene rings is 2. The van der Waals surface area contributed by atoms with Crippen molar-refractivity contribution in [3.8, 4) is 23.0 Å². The van der Waals surface area contributed by atoms with Crippen LogP contribution < -0.4 is 24.3 Å². The van der Waals surface area contributed by atoms with E-state index in [2.05, 4.69) is 15.2 Å². The van der Waals surface area contributed by atoms with E-state index in [-0.39, 0.29) is 24.7 Å². The van der Waals surface area contributed by atoms with Crippen LogP contribution >= 0.6 is 0 Å². The van der Waals surface area contributed by atoms with E-state index in [0.29, 0.717) is 18.1 Å². The Balaban J connectivity index is 1.17. The van der Waals surface area contributed by atoms with Gasteiger partial charge in [0, 0.05) is 18.7 Å². The Morgan fingerprint density at radius 2 is 1.83 bits per heavy atom. The average molecular weight is 490 g/mol. The van der Waals surface area contributed by atoms with Crippen LogP contribution in [0.5, 0.6) is 23.0 Å². The number of methoxy groups -OCH3 is 1. The zero-order valence-corrected chi connectivity index (χ0v) is 20.4.